The fourth-order valence-corrected chi connectivity index (χ4v) is 3.04. The Hall–Kier alpha value is -3.02. The predicted molar refractivity (Wildman–Crippen MR) is 119 cm³/mol. The molecule has 0 saturated carbocycles. The highest BCUT2D eigenvalue weighted by molar-refractivity contribution is 6.33. The summed E-state index contributed by atoms with van der Waals surface area (Å²) in [5, 5.41) is 9.68. The molecule has 0 spiro atoms. The first-order valence-corrected chi connectivity index (χ1v) is 9.64. The largest absolute Gasteiger partial charge is 0.374 e. The molecule has 7 heteroatoms. The molecule has 29 heavy (non-hydrogen) atoms. The van der Waals surface area contributed by atoms with E-state index < -0.39 is 0 Å². The number of amides is 2. The van der Waals surface area contributed by atoms with Crippen LogP contribution in [0.25, 0.3) is 0 Å². The Morgan fingerprint density at radius 2 is 1.52 bits per heavy atom. The third-order valence-corrected chi connectivity index (χ3v) is 4.68. The molecule has 2 amide bonds. The number of hydrogen-bond donors (Lipinski definition) is 3. The first kappa shape index (κ1) is 20.7. The van der Waals surface area contributed by atoms with E-state index in [9.17, 15) is 9.59 Å². The molecule has 5 nitrogen and oxygen atoms in total. The second-order valence-electron chi connectivity index (χ2n) is 6.39. The summed E-state index contributed by atoms with van der Waals surface area (Å²) in [6.07, 6.45) is 0. The number of para-hydroxylation sites is 2. The second-order valence-corrected chi connectivity index (χ2v) is 7.24. The Morgan fingerprint density at radius 3 is 2.21 bits per heavy atom. The second kappa shape index (κ2) is 9.45. The van der Waals surface area contributed by atoms with Gasteiger partial charge in [0.25, 0.3) is 5.91 Å². The molecule has 0 aliphatic heterocycles. The van der Waals surface area contributed by atoms with Crippen molar-refractivity contribution in [2.45, 2.75) is 6.92 Å². The molecule has 0 aromatic heterocycles. The Morgan fingerprint density at radius 1 is 0.828 bits per heavy atom. The summed E-state index contributed by atoms with van der Waals surface area (Å²) in [6.45, 7) is 1.94. The van der Waals surface area contributed by atoms with Crippen molar-refractivity contribution < 1.29 is 9.59 Å². The lowest BCUT2D eigenvalue weighted by atomic mass is 10.2. The number of carbonyl (C=O) groups excluding carboxylic acids is 2. The van der Waals surface area contributed by atoms with Crippen molar-refractivity contribution in [2.75, 3.05) is 22.5 Å². The summed E-state index contributed by atoms with van der Waals surface area (Å²) in [6, 6.07) is 19.2. The van der Waals surface area contributed by atoms with Crippen molar-refractivity contribution in [3.8, 4) is 0 Å². The molecule has 0 bridgehead atoms. The maximum absolute atomic E-state index is 12.4. The van der Waals surface area contributed by atoms with Crippen LogP contribution in [-0.2, 0) is 4.79 Å². The number of anilines is 3. The van der Waals surface area contributed by atoms with Gasteiger partial charge in [-0.1, -0.05) is 41.4 Å². The van der Waals surface area contributed by atoms with E-state index in [1.807, 2.05) is 19.1 Å². The van der Waals surface area contributed by atoms with Gasteiger partial charge in [-0.25, -0.2) is 0 Å². The zero-order chi connectivity index (χ0) is 20.8. The van der Waals surface area contributed by atoms with Crippen LogP contribution >= 0.6 is 23.2 Å². The van der Waals surface area contributed by atoms with Crippen molar-refractivity contribution in [1.29, 1.82) is 0 Å². The normalized spacial score (nSPS) is 10.3. The van der Waals surface area contributed by atoms with Gasteiger partial charge in [0, 0.05) is 10.6 Å². The van der Waals surface area contributed by atoms with Crippen molar-refractivity contribution in [3.63, 3.8) is 0 Å². The third-order valence-electron chi connectivity index (χ3n) is 4.12. The number of carbonyl (C=O) groups is 2. The molecule has 3 rings (SSSR count). The molecule has 0 atom stereocenters. The average Bonchev–Trinajstić information content (AvgIpc) is 2.70. The Labute approximate surface area is 179 Å². The minimum absolute atomic E-state index is 0.0119. The van der Waals surface area contributed by atoms with E-state index >= 15 is 0 Å². The number of benzene rings is 3. The monoisotopic (exact) mass is 427 g/mol. The lowest BCUT2D eigenvalue weighted by Gasteiger charge is -2.14. The van der Waals surface area contributed by atoms with Gasteiger partial charge >= 0.3 is 0 Å². The highest BCUT2D eigenvalue weighted by atomic mass is 35.5. The van der Waals surface area contributed by atoms with Gasteiger partial charge in [-0.05, 0) is 61.0 Å². The Balaban J connectivity index is 1.63. The zero-order valence-corrected chi connectivity index (χ0v) is 17.1. The number of rotatable bonds is 6. The lowest BCUT2D eigenvalue weighted by Crippen LogP contribution is -2.22. The fraction of sp³-hybridized carbons (Fsp3) is 0.0909. The molecular weight excluding hydrogens is 409 g/mol. The average molecular weight is 428 g/mol. The topological polar surface area (TPSA) is 70.2 Å². The van der Waals surface area contributed by atoms with Crippen molar-refractivity contribution in [3.05, 3.63) is 87.9 Å². The van der Waals surface area contributed by atoms with Gasteiger partial charge in [0.2, 0.25) is 5.91 Å². The molecule has 0 heterocycles. The predicted octanol–water partition coefficient (Wildman–Crippen LogP) is 5.60. The van der Waals surface area contributed by atoms with Crippen LogP contribution in [0.15, 0.2) is 66.7 Å². The number of aryl methyl sites for hydroxylation is 1. The highest BCUT2D eigenvalue weighted by Gasteiger charge is 2.11. The molecule has 0 aliphatic rings. The Kier molecular flexibility index (Phi) is 6.75. The summed E-state index contributed by atoms with van der Waals surface area (Å²) >= 11 is 12.0. The summed E-state index contributed by atoms with van der Waals surface area (Å²) in [7, 11) is 0. The molecule has 3 aromatic rings. The maximum Gasteiger partial charge on any atom is 0.255 e. The number of hydrogen-bond acceptors (Lipinski definition) is 3. The van der Waals surface area contributed by atoms with Crippen LogP contribution in [0, 0.1) is 6.92 Å². The van der Waals surface area contributed by atoms with Crippen LogP contribution in [0.1, 0.15) is 15.9 Å². The van der Waals surface area contributed by atoms with Crippen molar-refractivity contribution >= 4 is 52.1 Å². The SMILES string of the molecule is Cc1ccc(NC(=O)CNc2ccccc2NC(=O)c2ccc(Cl)cc2)c(Cl)c1. The van der Waals surface area contributed by atoms with E-state index in [0.717, 1.165) is 5.56 Å². The smallest absolute Gasteiger partial charge is 0.255 e. The molecule has 0 aliphatic carbocycles. The fourth-order valence-electron chi connectivity index (χ4n) is 2.63. The van der Waals surface area contributed by atoms with E-state index in [-0.39, 0.29) is 18.4 Å². The molecule has 0 unspecified atom stereocenters. The first-order chi connectivity index (χ1) is 13.9. The summed E-state index contributed by atoms with van der Waals surface area (Å²) < 4.78 is 0. The van der Waals surface area contributed by atoms with Gasteiger partial charge in [-0.15, -0.1) is 0 Å². The van der Waals surface area contributed by atoms with Gasteiger partial charge in [-0.3, -0.25) is 9.59 Å². The molecular formula is C22H19Cl2N3O2. The first-order valence-electron chi connectivity index (χ1n) is 8.88. The lowest BCUT2D eigenvalue weighted by molar-refractivity contribution is -0.114. The van der Waals surface area contributed by atoms with Gasteiger partial charge in [0.15, 0.2) is 0 Å². The van der Waals surface area contributed by atoms with Gasteiger partial charge in [-0.2, -0.15) is 0 Å². The van der Waals surface area contributed by atoms with E-state index in [4.69, 9.17) is 23.2 Å². The van der Waals surface area contributed by atoms with E-state index in [1.165, 1.54) is 0 Å². The van der Waals surface area contributed by atoms with Crippen molar-refractivity contribution in [1.82, 2.24) is 0 Å². The van der Waals surface area contributed by atoms with Crippen LogP contribution in [-0.4, -0.2) is 18.4 Å². The summed E-state index contributed by atoms with van der Waals surface area (Å²) in [4.78, 5) is 24.7. The van der Waals surface area contributed by atoms with Crippen LogP contribution in [0.2, 0.25) is 10.0 Å². The standard InChI is InChI=1S/C22H19Cl2N3O2/c1-14-6-11-18(17(24)12-14)26-21(28)13-25-19-4-2-3-5-20(19)27-22(29)15-7-9-16(23)10-8-15/h2-12,25H,13H2,1H3,(H,26,28)(H,27,29). The van der Waals surface area contributed by atoms with Crippen molar-refractivity contribution in [2.24, 2.45) is 0 Å². The quantitative estimate of drug-likeness (QED) is 0.478. The Bertz CT molecular complexity index is 1040. The van der Waals surface area contributed by atoms with Crippen LogP contribution in [0.4, 0.5) is 17.1 Å². The van der Waals surface area contributed by atoms with Crippen LogP contribution in [0.3, 0.4) is 0 Å². The molecule has 0 radical (unpaired) electrons. The molecule has 3 aromatic carbocycles. The molecule has 0 fully saturated rings. The summed E-state index contributed by atoms with van der Waals surface area (Å²) in [5.41, 5.74) is 3.23. The van der Waals surface area contributed by atoms with Gasteiger partial charge in [0.05, 0.1) is 28.6 Å². The molecule has 148 valence electrons. The van der Waals surface area contributed by atoms with Crippen LogP contribution in [0.5, 0.6) is 0 Å². The van der Waals surface area contributed by atoms with Crippen LogP contribution < -0.4 is 16.0 Å². The van der Waals surface area contributed by atoms with Gasteiger partial charge < -0.3 is 16.0 Å². The maximum atomic E-state index is 12.4. The summed E-state index contributed by atoms with van der Waals surface area (Å²) in [5.74, 6) is -0.526. The minimum atomic E-state index is -0.271. The number of halogens is 2. The number of nitrogens with one attached hydrogen (secondary N) is 3. The van der Waals surface area contributed by atoms with E-state index in [2.05, 4.69) is 16.0 Å². The molecule has 3 N–H and O–H groups in total. The third kappa shape index (κ3) is 5.73. The van der Waals surface area contributed by atoms with E-state index in [1.54, 1.807) is 54.6 Å². The van der Waals surface area contributed by atoms with E-state index in [0.29, 0.717) is 32.7 Å². The highest BCUT2D eigenvalue weighted by Crippen LogP contribution is 2.24. The zero-order valence-electron chi connectivity index (χ0n) is 15.6. The minimum Gasteiger partial charge on any atom is -0.374 e. The van der Waals surface area contributed by atoms with Gasteiger partial charge in [0.1, 0.15) is 0 Å². The molecule has 0 saturated heterocycles.